The van der Waals surface area contributed by atoms with E-state index in [0.29, 0.717) is 12.2 Å². The number of benzene rings is 2. The van der Waals surface area contributed by atoms with Crippen LogP contribution in [-0.2, 0) is 9.59 Å². The third-order valence-corrected chi connectivity index (χ3v) is 4.91. The van der Waals surface area contributed by atoms with Crippen LogP contribution in [-0.4, -0.2) is 38.6 Å². The van der Waals surface area contributed by atoms with Crippen molar-refractivity contribution in [3.05, 3.63) is 59.9 Å². The van der Waals surface area contributed by atoms with Gasteiger partial charge in [-0.2, -0.15) is 0 Å². The second kappa shape index (κ2) is 7.22. The molecule has 1 atom stereocenters. The lowest BCUT2D eigenvalue weighted by Crippen LogP contribution is -2.28. The maximum atomic E-state index is 12.7. The summed E-state index contributed by atoms with van der Waals surface area (Å²) in [6.45, 7) is 4.31. The van der Waals surface area contributed by atoms with Crippen molar-refractivity contribution in [1.29, 1.82) is 0 Å². The van der Waals surface area contributed by atoms with Gasteiger partial charge in [0.15, 0.2) is 0 Å². The third-order valence-electron chi connectivity index (χ3n) is 4.91. The van der Waals surface area contributed by atoms with Crippen molar-refractivity contribution in [2.45, 2.75) is 20.3 Å². The van der Waals surface area contributed by atoms with Gasteiger partial charge in [0.05, 0.1) is 11.6 Å². The Bertz CT molecular complexity index is 1010. The van der Waals surface area contributed by atoms with Crippen molar-refractivity contribution < 1.29 is 9.59 Å². The fourth-order valence-electron chi connectivity index (χ4n) is 3.31. The zero-order valence-corrected chi connectivity index (χ0v) is 15.7. The lowest BCUT2D eigenvalue weighted by Gasteiger charge is -2.17. The normalized spacial score (nSPS) is 16.4. The zero-order valence-electron chi connectivity index (χ0n) is 15.7. The lowest BCUT2D eigenvalue weighted by molar-refractivity contribution is -0.122. The number of carbonyl (C=O) groups is 2. The summed E-state index contributed by atoms with van der Waals surface area (Å²) < 4.78 is 1.54. The Hall–Kier alpha value is -3.55. The summed E-state index contributed by atoms with van der Waals surface area (Å²) in [5.74, 6) is -0.608. The van der Waals surface area contributed by atoms with Crippen LogP contribution in [0.25, 0.3) is 5.69 Å². The number of amides is 2. The van der Waals surface area contributed by atoms with Crippen LogP contribution in [0, 0.1) is 19.8 Å². The second-order valence-electron chi connectivity index (χ2n) is 6.99. The Morgan fingerprint density at radius 1 is 1.14 bits per heavy atom. The minimum atomic E-state index is -0.397. The van der Waals surface area contributed by atoms with Gasteiger partial charge in [-0.25, -0.2) is 4.68 Å². The molecule has 1 fully saturated rings. The minimum absolute atomic E-state index is 0.0395. The number of anilines is 2. The average Bonchev–Trinajstić information content (AvgIpc) is 3.34. The molecule has 0 spiro atoms. The molecule has 8 nitrogen and oxygen atoms in total. The number of nitrogens with zero attached hydrogens (tertiary/aromatic N) is 5. The van der Waals surface area contributed by atoms with Crippen LogP contribution in [0.2, 0.25) is 0 Å². The number of aromatic nitrogens is 4. The summed E-state index contributed by atoms with van der Waals surface area (Å²) in [6, 6.07) is 13.3. The van der Waals surface area contributed by atoms with Crippen molar-refractivity contribution in [1.82, 2.24) is 20.2 Å². The molecule has 4 rings (SSSR count). The highest BCUT2D eigenvalue weighted by Crippen LogP contribution is 2.27. The van der Waals surface area contributed by atoms with Gasteiger partial charge in [-0.05, 0) is 54.1 Å². The fourth-order valence-corrected chi connectivity index (χ4v) is 3.31. The first-order chi connectivity index (χ1) is 13.5. The van der Waals surface area contributed by atoms with Gasteiger partial charge in [-0.3, -0.25) is 9.59 Å². The number of aryl methyl sites for hydroxylation is 2. The predicted octanol–water partition coefficient (Wildman–Crippen LogP) is 2.27. The van der Waals surface area contributed by atoms with Gasteiger partial charge in [0.1, 0.15) is 6.33 Å². The molecule has 3 aromatic rings. The van der Waals surface area contributed by atoms with E-state index in [2.05, 4.69) is 20.8 Å². The summed E-state index contributed by atoms with van der Waals surface area (Å²) in [7, 11) is 0. The highest BCUT2D eigenvalue weighted by Gasteiger charge is 2.35. The summed E-state index contributed by atoms with van der Waals surface area (Å²) in [6.07, 6.45) is 1.70. The third kappa shape index (κ3) is 3.48. The maximum Gasteiger partial charge on any atom is 0.229 e. The Kier molecular flexibility index (Phi) is 4.60. The Morgan fingerprint density at radius 3 is 2.64 bits per heavy atom. The van der Waals surface area contributed by atoms with E-state index in [1.807, 2.05) is 56.3 Å². The van der Waals surface area contributed by atoms with Gasteiger partial charge in [-0.15, -0.1) is 5.10 Å². The molecular formula is C20H20N6O2. The lowest BCUT2D eigenvalue weighted by atomic mass is 10.1. The molecule has 0 bridgehead atoms. The van der Waals surface area contributed by atoms with Crippen LogP contribution in [0.5, 0.6) is 0 Å². The van der Waals surface area contributed by atoms with E-state index in [0.717, 1.165) is 22.5 Å². The summed E-state index contributed by atoms with van der Waals surface area (Å²) in [5.41, 5.74) is 4.35. The number of nitrogens with one attached hydrogen (secondary N) is 1. The van der Waals surface area contributed by atoms with Crippen LogP contribution in [0.1, 0.15) is 17.5 Å². The van der Waals surface area contributed by atoms with Gasteiger partial charge >= 0.3 is 0 Å². The molecule has 28 heavy (non-hydrogen) atoms. The molecule has 1 aliphatic heterocycles. The van der Waals surface area contributed by atoms with E-state index < -0.39 is 5.92 Å². The molecular weight excluding hydrogens is 356 g/mol. The van der Waals surface area contributed by atoms with Crippen molar-refractivity contribution in [3.8, 4) is 5.69 Å². The Morgan fingerprint density at radius 2 is 1.93 bits per heavy atom. The first-order valence-corrected chi connectivity index (χ1v) is 9.03. The fraction of sp³-hybridized carbons (Fsp3) is 0.250. The summed E-state index contributed by atoms with van der Waals surface area (Å²) >= 11 is 0. The van der Waals surface area contributed by atoms with Crippen molar-refractivity contribution in [3.63, 3.8) is 0 Å². The van der Waals surface area contributed by atoms with Crippen LogP contribution in [0.4, 0.5) is 11.4 Å². The molecule has 1 N–H and O–H groups in total. The molecule has 0 saturated carbocycles. The first kappa shape index (κ1) is 17.8. The van der Waals surface area contributed by atoms with E-state index in [9.17, 15) is 9.59 Å². The monoisotopic (exact) mass is 376 g/mol. The van der Waals surface area contributed by atoms with Gasteiger partial charge in [0.2, 0.25) is 11.8 Å². The second-order valence-corrected chi connectivity index (χ2v) is 6.99. The molecule has 8 heteroatoms. The molecule has 1 aliphatic rings. The largest absolute Gasteiger partial charge is 0.326 e. The quantitative estimate of drug-likeness (QED) is 0.754. The number of carbonyl (C=O) groups excluding carboxylic acids is 2. The molecule has 1 unspecified atom stereocenters. The van der Waals surface area contributed by atoms with Crippen molar-refractivity contribution >= 4 is 23.2 Å². The zero-order chi connectivity index (χ0) is 19.7. The molecule has 142 valence electrons. The summed E-state index contributed by atoms with van der Waals surface area (Å²) in [4.78, 5) is 26.8. The molecule has 1 saturated heterocycles. The number of hydrogen-bond donors (Lipinski definition) is 1. The van der Waals surface area contributed by atoms with Gasteiger partial charge in [0.25, 0.3) is 0 Å². The molecule has 2 heterocycles. The summed E-state index contributed by atoms with van der Waals surface area (Å²) in [5, 5.41) is 14.1. The number of tetrazole rings is 1. The van der Waals surface area contributed by atoms with Crippen LogP contribution < -0.4 is 10.2 Å². The first-order valence-electron chi connectivity index (χ1n) is 9.03. The minimum Gasteiger partial charge on any atom is -0.326 e. The van der Waals surface area contributed by atoms with Gasteiger partial charge < -0.3 is 10.2 Å². The Balaban J connectivity index is 1.48. The van der Waals surface area contributed by atoms with E-state index in [1.165, 1.54) is 6.33 Å². The van der Waals surface area contributed by atoms with E-state index >= 15 is 0 Å². The standard InChI is InChI=1S/C20H20N6O2/c1-13-3-7-17(8-4-13)25-11-15(9-19(25)27)20(28)22-16-6-5-14(2)18(10-16)26-12-21-23-24-26/h3-8,10,12,15H,9,11H2,1-2H3,(H,22,28). The molecule has 2 aromatic carbocycles. The molecule has 0 radical (unpaired) electrons. The van der Waals surface area contributed by atoms with Crippen LogP contribution >= 0.6 is 0 Å². The molecule has 0 aliphatic carbocycles. The van der Waals surface area contributed by atoms with Crippen molar-refractivity contribution in [2.75, 3.05) is 16.8 Å². The Labute approximate surface area is 162 Å². The number of hydrogen-bond acceptors (Lipinski definition) is 5. The number of rotatable bonds is 4. The maximum absolute atomic E-state index is 12.7. The molecule has 1 aromatic heterocycles. The predicted molar refractivity (Wildman–Crippen MR) is 104 cm³/mol. The topological polar surface area (TPSA) is 93.0 Å². The molecule has 2 amide bonds. The van der Waals surface area contributed by atoms with E-state index in [4.69, 9.17) is 0 Å². The van der Waals surface area contributed by atoms with Crippen molar-refractivity contribution in [2.24, 2.45) is 5.92 Å². The van der Waals surface area contributed by atoms with E-state index in [1.54, 1.807) is 9.58 Å². The highest BCUT2D eigenvalue weighted by molar-refractivity contribution is 6.03. The van der Waals surface area contributed by atoms with Gasteiger partial charge in [0, 0.05) is 24.3 Å². The highest BCUT2D eigenvalue weighted by atomic mass is 16.2. The average molecular weight is 376 g/mol. The smallest absolute Gasteiger partial charge is 0.229 e. The SMILES string of the molecule is Cc1ccc(N2CC(C(=O)Nc3ccc(C)c(-n4cnnn4)c3)CC2=O)cc1. The van der Waals surface area contributed by atoms with Crippen LogP contribution in [0.15, 0.2) is 48.8 Å². The van der Waals surface area contributed by atoms with E-state index in [-0.39, 0.29) is 18.2 Å². The van der Waals surface area contributed by atoms with Crippen LogP contribution in [0.3, 0.4) is 0 Å². The van der Waals surface area contributed by atoms with Gasteiger partial charge in [-0.1, -0.05) is 23.8 Å².